The van der Waals surface area contributed by atoms with Crippen LogP contribution in [0.4, 0.5) is 4.39 Å². The van der Waals surface area contributed by atoms with Crippen LogP contribution < -0.4 is 5.73 Å². The van der Waals surface area contributed by atoms with E-state index >= 15 is 4.39 Å². The number of carbonyl (C=O) groups excluding carboxylic acids is 1. The molecule has 2 heterocycles. The number of ether oxygens (including phenoxy) is 2. The first-order valence-corrected chi connectivity index (χ1v) is 13.2. The van der Waals surface area contributed by atoms with Crippen molar-refractivity contribution in [3.05, 3.63) is 80.3 Å². The molecule has 2 N–H and O–H groups in total. The van der Waals surface area contributed by atoms with Crippen molar-refractivity contribution >= 4 is 29.3 Å². The Balaban J connectivity index is 1.80. The van der Waals surface area contributed by atoms with Gasteiger partial charge < -0.3 is 15.2 Å². The lowest BCUT2D eigenvalue weighted by Gasteiger charge is -2.28. The number of aromatic nitrogens is 1. The molecule has 1 aliphatic carbocycles. The van der Waals surface area contributed by atoms with Crippen LogP contribution in [0, 0.1) is 28.5 Å². The van der Waals surface area contributed by atoms with Crippen LogP contribution in [0.3, 0.4) is 0 Å². The molecular formula is C27H24ClFN4O3S. The highest BCUT2D eigenvalue weighted by atomic mass is 35.5. The number of rotatable bonds is 6. The van der Waals surface area contributed by atoms with Crippen LogP contribution in [0.25, 0.3) is 0 Å². The maximum Gasteiger partial charge on any atom is 0.338 e. The number of benzene rings is 1. The molecule has 0 unspecified atom stereocenters. The van der Waals surface area contributed by atoms with Gasteiger partial charge in [-0.2, -0.15) is 10.5 Å². The summed E-state index contributed by atoms with van der Waals surface area (Å²) in [6, 6.07) is 10.1. The summed E-state index contributed by atoms with van der Waals surface area (Å²) in [4.78, 5) is 17.9. The molecule has 0 radical (unpaired) electrons. The van der Waals surface area contributed by atoms with Crippen molar-refractivity contribution in [3.63, 3.8) is 0 Å². The van der Waals surface area contributed by atoms with Crippen molar-refractivity contribution in [1.82, 2.24) is 4.98 Å². The van der Waals surface area contributed by atoms with Crippen molar-refractivity contribution in [1.29, 1.82) is 10.5 Å². The molecule has 2 aromatic rings. The van der Waals surface area contributed by atoms with E-state index in [0.29, 0.717) is 10.6 Å². The largest absolute Gasteiger partial charge is 0.463 e. The molecule has 0 saturated carbocycles. The van der Waals surface area contributed by atoms with Crippen LogP contribution in [-0.4, -0.2) is 23.3 Å². The van der Waals surface area contributed by atoms with Crippen LogP contribution >= 0.6 is 23.4 Å². The van der Waals surface area contributed by atoms with Gasteiger partial charge >= 0.3 is 5.97 Å². The Morgan fingerprint density at radius 2 is 2.08 bits per heavy atom. The summed E-state index contributed by atoms with van der Waals surface area (Å²) in [7, 11) is 0. The number of halogens is 2. The third-order valence-corrected chi connectivity index (χ3v) is 7.58. The quantitative estimate of drug-likeness (QED) is 0.293. The zero-order valence-corrected chi connectivity index (χ0v) is 21.7. The summed E-state index contributed by atoms with van der Waals surface area (Å²) < 4.78 is 26.1. The number of esters is 1. The number of nitriles is 2. The molecule has 10 heteroatoms. The molecule has 190 valence electrons. The van der Waals surface area contributed by atoms with Gasteiger partial charge in [0.15, 0.2) is 0 Å². The Morgan fingerprint density at radius 1 is 1.30 bits per heavy atom. The summed E-state index contributed by atoms with van der Waals surface area (Å²) >= 11 is 7.54. The molecule has 0 fully saturated rings. The number of hydrogen-bond acceptors (Lipinski definition) is 8. The standard InChI is InChI=1S/C27H24ClFN4O3S/c1-2-35-27(34)24-21(14-37-26-16(12-30)11-15-7-4-3-5-10-20(15)33-26)36-25(32)17(13-31)22(24)23-18(28)8-6-9-19(23)29/h6,8-9,11,22H,2-5,7,10,14,32H2,1H3/t22-/m1/s1. The van der Waals surface area contributed by atoms with E-state index in [0.717, 1.165) is 43.4 Å². The average Bonchev–Trinajstić information content (AvgIpc) is 3.11. The fourth-order valence-corrected chi connectivity index (χ4v) is 5.74. The second kappa shape index (κ2) is 11.7. The van der Waals surface area contributed by atoms with Crippen LogP contribution in [0.15, 0.2) is 52.1 Å². The number of allylic oxidation sites excluding steroid dienone is 1. The first-order valence-electron chi connectivity index (χ1n) is 11.9. The van der Waals surface area contributed by atoms with Gasteiger partial charge in [-0.15, -0.1) is 0 Å². The van der Waals surface area contributed by atoms with E-state index < -0.39 is 17.7 Å². The fraction of sp³-hybridized carbons (Fsp3) is 0.333. The zero-order valence-electron chi connectivity index (χ0n) is 20.1. The lowest BCUT2D eigenvalue weighted by atomic mass is 9.82. The molecule has 0 spiro atoms. The molecular weight excluding hydrogens is 515 g/mol. The highest BCUT2D eigenvalue weighted by Crippen LogP contribution is 2.44. The predicted molar refractivity (Wildman–Crippen MR) is 137 cm³/mol. The van der Waals surface area contributed by atoms with Gasteiger partial charge in [0.05, 0.1) is 29.4 Å². The topological polar surface area (TPSA) is 122 Å². The summed E-state index contributed by atoms with van der Waals surface area (Å²) in [5, 5.41) is 20.1. The predicted octanol–water partition coefficient (Wildman–Crippen LogP) is 5.43. The first-order chi connectivity index (χ1) is 17.9. The average molecular weight is 539 g/mol. The molecule has 2 aliphatic rings. The van der Waals surface area contributed by atoms with E-state index in [1.807, 2.05) is 12.1 Å². The van der Waals surface area contributed by atoms with E-state index in [1.54, 1.807) is 6.92 Å². The van der Waals surface area contributed by atoms with E-state index in [9.17, 15) is 15.3 Å². The van der Waals surface area contributed by atoms with Gasteiger partial charge in [0.2, 0.25) is 5.88 Å². The van der Waals surface area contributed by atoms with Gasteiger partial charge in [0.25, 0.3) is 0 Å². The number of pyridine rings is 1. The minimum atomic E-state index is -1.22. The third kappa shape index (κ3) is 5.44. The Bertz CT molecular complexity index is 1370. The van der Waals surface area contributed by atoms with Crippen LogP contribution in [0.1, 0.15) is 54.5 Å². The van der Waals surface area contributed by atoms with E-state index in [-0.39, 0.29) is 45.7 Å². The van der Waals surface area contributed by atoms with Crippen molar-refractivity contribution in [2.24, 2.45) is 5.73 Å². The number of nitrogens with two attached hydrogens (primary N) is 1. The van der Waals surface area contributed by atoms with Gasteiger partial charge in [-0.25, -0.2) is 14.2 Å². The number of aryl methyl sites for hydroxylation is 2. The highest BCUT2D eigenvalue weighted by molar-refractivity contribution is 7.99. The molecule has 0 bridgehead atoms. The number of fused-ring (bicyclic) bond motifs is 1. The Morgan fingerprint density at radius 3 is 2.78 bits per heavy atom. The molecule has 7 nitrogen and oxygen atoms in total. The molecule has 4 rings (SSSR count). The summed E-state index contributed by atoms with van der Waals surface area (Å²) in [5.41, 5.74) is 8.27. The fourth-order valence-electron chi connectivity index (χ4n) is 4.55. The van der Waals surface area contributed by atoms with E-state index in [4.69, 9.17) is 31.8 Å². The Labute approximate surface area is 223 Å². The van der Waals surface area contributed by atoms with Gasteiger partial charge in [-0.3, -0.25) is 0 Å². The molecule has 1 aromatic carbocycles. The van der Waals surface area contributed by atoms with Gasteiger partial charge in [-0.05, 0) is 56.4 Å². The maximum atomic E-state index is 15.0. The van der Waals surface area contributed by atoms with Crippen molar-refractivity contribution in [2.75, 3.05) is 12.4 Å². The number of carbonyl (C=O) groups is 1. The van der Waals surface area contributed by atoms with Gasteiger partial charge in [-0.1, -0.05) is 35.9 Å². The van der Waals surface area contributed by atoms with E-state index in [2.05, 4.69) is 6.07 Å². The lowest BCUT2D eigenvalue weighted by molar-refractivity contribution is -0.139. The summed E-state index contributed by atoms with van der Waals surface area (Å²) in [6.45, 7) is 1.68. The van der Waals surface area contributed by atoms with Gasteiger partial charge in [0, 0.05) is 16.3 Å². The monoisotopic (exact) mass is 538 g/mol. The normalized spacial score (nSPS) is 17.3. The maximum absolute atomic E-state index is 15.0. The molecule has 37 heavy (non-hydrogen) atoms. The second-order valence-corrected chi connectivity index (χ2v) is 9.90. The lowest BCUT2D eigenvalue weighted by Crippen LogP contribution is -2.27. The third-order valence-electron chi connectivity index (χ3n) is 6.26. The van der Waals surface area contributed by atoms with E-state index in [1.165, 1.54) is 30.0 Å². The minimum absolute atomic E-state index is 0.0282. The number of thioether (sulfide) groups is 1. The van der Waals surface area contributed by atoms with Crippen molar-refractivity contribution in [3.8, 4) is 12.1 Å². The number of nitrogens with zero attached hydrogens (tertiary/aromatic N) is 3. The van der Waals surface area contributed by atoms with Crippen molar-refractivity contribution < 1.29 is 18.7 Å². The summed E-state index contributed by atoms with van der Waals surface area (Å²) in [5.74, 6) is -2.84. The molecule has 1 atom stereocenters. The molecule has 1 aliphatic heterocycles. The molecule has 0 saturated heterocycles. The Kier molecular flexibility index (Phi) is 8.38. The van der Waals surface area contributed by atoms with Crippen LogP contribution in [-0.2, 0) is 27.1 Å². The number of hydrogen-bond donors (Lipinski definition) is 1. The zero-order chi connectivity index (χ0) is 26.5. The minimum Gasteiger partial charge on any atom is -0.463 e. The van der Waals surface area contributed by atoms with Crippen molar-refractivity contribution in [2.45, 2.75) is 50.0 Å². The Hall–Kier alpha value is -3.53. The van der Waals surface area contributed by atoms with Crippen LogP contribution in [0.5, 0.6) is 0 Å². The second-order valence-electron chi connectivity index (χ2n) is 8.53. The van der Waals surface area contributed by atoms with Crippen LogP contribution in [0.2, 0.25) is 5.02 Å². The SMILES string of the molecule is CCOC(=O)C1=C(CSc2nc3c(cc2C#N)CCCCC3)OC(N)=C(C#N)[C@@H]1c1c(F)cccc1Cl. The van der Waals surface area contributed by atoms with Gasteiger partial charge in [0.1, 0.15) is 34.3 Å². The highest BCUT2D eigenvalue weighted by Gasteiger charge is 2.40. The first kappa shape index (κ1) is 26.5. The smallest absolute Gasteiger partial charge is 0.338 e. The molecule has 1 aromatic heterocycles. The summed E-state index contributed by atoms with van der Waals surface area (Å²) in [6.07, 6.45) is 4.91. The molecule has 0 amide bonds.